The molecule has 5 nitrogen and oxygen atoms in total. The summed E-state index contributed by atoms with van der Waals surface area (Å²) >= 11 is 0. The number of carbonyl (C=O) groups excluding carboxylic acids is 1. The lowest BCUT2D eigenvalue weighted by Gasteiger charge is -2.37. The molecule has 2 heterocycles. The topological polar surface area (TPSA) is 71.2 Å². The summed E-state index contributed by atoms with van der Waals surface area (Å²) in [6, 6.07) is 5.75. The second-order valence-corrected chi connectivity index (χ2v) is 8.67. The summed E-state index contributed by atoms with van der Waals surface area (Å²) in [5.74, 6) is -5.76. The minimum Gasteiger partial charge on any atom is -0.368 e. The number of rotatable bonds is 5. The molecule has 0 radical (unpaired) electrons. The number of nitrogens with two attached hydrogens (primary N) is 1. The molecule has 3 N–H and O–H groups in total. The third-order valence-corrected chi connectivity index (χ3v) is 5.91. The quantitative estimate of drug-likeness (QED) is 0.372. The molecule has 0 unspecified atom stereocenters. The van der Waals surface area contributed by atoms with Crippen LogP contribution in [0.15, 0.2) is 42.6 Å². The molecule has 3 aromatic rings. The summed E-state index contributed by atoms with van der Waals surface area (Å²) in [7, 11) is 0. The first-order chi connectivity index (χ1) is 16.7. The number of alkyl halides is 1. The molecule has 0 saturated carbocycles. The van der Waals surface area contributed by atoms with Gasteiger partial charge in [-0.2, -0.15) is 0 Å². The Balaban J connectivity index is 0.00000241. The second kappa shape index (κ2) is 12.5. The maximum atomic E-state index is 15.3. The number of aromatic nitrogens is 1. The van der Waals surface area contributed by atoms with E-state index in [-0.39, 0.29) is 48.2 Å². The zero-order valence-electron chi connectivity index (χ0n) is 19.6. The second-order valence-electron chi connectivity index (χ2n) is 8.67. The smallest absolute Gasteiger partial charge is 0.258 e. The summed E-state index contributed by atoms with van der Waals surface area (Å²) < 4.78 is 71.5. The summed E-state index contributed by atoms with van der Waals surface area (Å²) in [5, 5.41) is 2.52. The Morgan fingerprint density at radius 1 is 1.05 bits per heavy atom. The molecule has 12 heteroatoms. The van der Waals surface area contributed by atoms with Crippen LogP contribution >= 0.6 is 24.8 Å². The highest BCUT2D eigenvalue weighted by Gasteiger charge is 2.27. The number of piperidine rings is 1. The van der Waals surface area contributed by atoms with Crippen LogP contribution in [0.25, 0.3) is 11.1 Å². The van der Waals surface area contributed by atoms with E-state index in [1.54, 1.807) is 0 Å². The fourth-order valence-corrected chi connectivity index (χ4v) is 4.40. The molecular weight excluding hydrogens is 538 g/mol. The Kier molecular flexibility index (Phi) is 10.3. The van der Waals surface area contributed by atoms with Crippen molar-refractivity contribution < 1.29 is 26.7 Å². The Bertz CT molecular complexity index is 1250. The van der Waals surface area contributed by atoms with Gasteiger partial charge in [0.25, 0.3) is 5.91 Å². The fourth-order valence-electron chi connectivity index (χ4n) is 4.40. The van der Waals surface area contributed by atoms with E-state index in [0.717, 1.165) is 36.8 Å². The van der Waals surface area contributed by atoms with Crippen LogP contribution in [-0.2, 0) is 6.67 Å². The Morgan fingerprint density at radius 3 is 2.32 bits per heavy atom. The van der Waals surface area contributed by atoms with Crippen LogP contribution in [0.1, 0.15) is 29.4 Å². The van der Waals surface area contributed by atoms with Crippen LogP contribution in [0.4, 0.5) is 33.3 Å². The lowest BCUT2D eigenvalue weighted by molar-refractivity contribution is 0.102. The number of anilines is 2. The van der Waals surface area contributed by atoms with Crippen molar-refractivity contribution in [2.45, 2.75) is 26.1 Å². The van der Waals surface area contributed by atoms with Gasteiger partial charge in [0.2, 0.25) is 0 Å². The van der Waals surface area contributed by atoms with E-state index in [2.05, 4.69) is 10.3 Å². The maximum Gasteiger partial charge on any atom is 0.258 e. The van der Waals surface area contributed by atoms with E-state index in [0.29, 0.717) is 18.8 Å². The van der Waals surface area contributed by atoms with Crippen molar-refractivity contribution in [3.05, 3.63) is 77.1 Å². The molecule has 37 heavy (non-hydrogen) atoms. The molecule has 0 spiro atoms. The van der Waals surface area contributed by atoms with Crippen LogP contribution in [0.3, 0.4) is 0 Å². The van der Waals surface area contributed by atoms with Crippen LogP contribution < -0.4 is 16.0 Å². The molecule has 0 aliphatic carbocycles. The van der Waals surface area contributed by atoms with E-state index in [9.17, 15) is 22.4 Å². The minimum atomic E-state index is -1.42. The van der Waals surface area contributed by atoms with Gasteiger partial charge in [-0.15, -0.1) is 24.8 Å². The molecule has 1 aromatic heterocycles. The maximum absolute atomic E-state index is 15.3. The van der Waals surface area contributed by atoms with Crippen LogP contribution in [0.5, 0.6) is 0 Å². The number of benzene rings is 2. The third kappa shape index (κ3) is 6.31. The average molecular weight is 563 g/mol. The van der Waals surface area contributed by atoms with E-state index in [1.807, 2.05) is 11.8 Å². The molecule has 2 aromatic carbocycles. The predicted octanol–water partition coefficient (Wildman–Crippen LogP) is 6.04. The molecular formula is C25H25Cl2F5N4O. The molecule has 0 bridgehead atoms. The van der Waals surface area contributed by atoms with Crippen molar-refractivity contribution in [1.29, 1.82) is 0 Å². The van der Waals surface area contributed by atoms with E-state index in [4.69, 9.17) is 5.73 Å². The fraction of sp³-hybridized carbons (Fsp3) is 0.280. The first kappa shape index (κ1) is 30.3. The van der Waals surface area contributed by atoms with Gasteiger partial charge < -0.3 is 16.0 Å². The van der Waals surface area contributed by atoms with Gasteiger partial charge in [0, 0.05) is 19.1 Å². The number of pyridine rings is 1. The molecule has 1 aliphatic rings. The Morgan fingerprint density at radius 2 is 1.70 bits per heavy atom. The summed E-state index contributed by atoms with van der Waals surface area (Å²) in [5.41, 5.74) is 4.34. The van der Waals surface area contributed by atoms with Gasteiger partial charge in [0.15, 0.2) is 0 Å². The van der Waals surface area contributed by atoms with Crippen LogP contribution in [0.2, 0.25) is 0 Å². The van der Waals surface area contributed by atoms with Gasteiger partial charge in [0.05, 0.1) is 40.0 Å². The Hall–Kier alpha value is -2.95. The van der Waals surface area contributed by atoms with Crippen LogP contribution in [-0.4, -0.2) is 30.0 Å². The van der Waals surface area contributed by atoms with Gasteiger partial charge in [-0.1, -0.05) is 13.0 Å². The van der Waals surface area contributed by atoms with Gasteiger partial charge in [-0.3, -0.25) is 9.78 Å². The lowest BCUT2D eigenvalue weighted by atomic mass is 9.96. The number of amides is 1. The van der Waals surface area contributed by atoms with Crippen molar-refractivity contribution in [2.75, 3.05) is 23.3 Å². The number of nitrogens with one attached hydrogen (secondary N) is 1. The SMILES string of the molecule is C[C@@H]1C[C@H](N)CN(c2cc(CF)ncc2NC(=O)c2ccc(F)c(-c3c(F)cccc3F)c2F)C1.Cl.Cl. The first-order valence-electron chi connectivity index (χ1n) is 11.0. The standard InChI is InChI=1S/C25H23F5N4O.2ClH/c1-13-7-14(31)12-34(11-13)21-8-15(9-26)32-10-20(21)33-25(35)16-5-6-19(29)23(24(16)30)22-17(27)3-2-4-18(22)28;;/h2-6,8,10,13-14H,7,9,11-12,31H2,1H3,(H,33,35);2*1H/t13-,14+;;/m1../s1. The van der Waals surface area contributed by atoms with E-state index in [1.165, 1.54) is 12.3 Å². The van der Waals surface area contributed by atoms with Crippen molar-refractivity contribution in [1.82, 2.24) is 4.98 Å². The number of carbonyl (C=O) groups is 1. The first-order valence-corrected chi connectivity index (χ1v) is 11.0. The van der Waals surface area contributed by atoms with Crippen molar-refractivity contribution in [2.24, 2.45) is 11.7 Å². The minimum absolute atomic E-state index is 0. The predicted molar refractivity (Wildman–Crippen MR) is 137 cm³/mol. The third-order valence-electron chi connectivity index (χ3n) is 5.91. The van der Waals surface area contributed by atoms with Gasteiger partial charge in [-0.05, 0) is 42.7 Å². The number of halogens is 7. The van der Waals surface area contributed by atoms with Crippen molar-refractivity contribution >= 4 is 42.1 Å². The van der Waals surface area contributed by atoms with Gasteiger partial charge in [-0.25, -0.2) is 22.0 Å². The lowest BCUT2D eigenvalue weighted by Crippen LogP contribution is -2.46. The number of hydrogen-bond donors (Lipinski definition) is 2. The summed E-state index contributed by atoms with van der Waals surface area (Å²) in [6.45, 7) is 2.22. The van der Waals surface area contributed by atoms with Gasteiger partial charge in [0.1, 0.15) is 29.9 Å². The summed E-state index contributed by atoms with van der Waals surface area (Å²) in [6.07, 6.45) is 2.04. The van der Waals surface area contributed by atoms with Gasteiger partial charge >= 0.3 is 0 Å². The van der Waals surface area contributed by atoms with Crippen molar-refractivity contribution in [3.63, 3.8) is 0 Å². The van der Waals surface area contributed by atoms with E-state index < -0.39 is 52.5 Å². The average Bonchev–Trinajstić information content (AvgIpc) is 2.80. The number of nitrogens with zero attached hydrogens (tertiary/aromatic N) is 2. The highest BCUT2D eigenvalue weighted by molar-refractivity contribution is 6.06. The van der Waals surface area contributed by atoms with E-state index >= 15 is 4.39 Å². The molecule has 1 aliphatic heterocycles. The molecule has 1 fully saturated rings. The zero-order chi connectivity index (χ0) is 25.3. The molecule has 2 atom stereocenters. The molecule has 4 rings (SSSR count). The number of hydrogen-bond acceptors (Lipinski definition) is 4. The molecule has 1 amide bonds. The summed E-state index contributed by atoms with van der Waals surface area (Å²) in [4.78, 5) is 18.9. The largest absolute Gasteiger partial charge is 0.368 e. The normalized spacial score (nSPS) is 17.0. The monoisotopic (exact) mass is 562 g/mol. The highest BCUT2D eigenvalue weighted by Crippen LogP contribution is 2.34. The zero-order valence-corrected chi connectivity index (χ0v) is 21.2. The van der Waals surface area contributed by atoms with Crippen molar-refractivity contribution in [3.8, 4) is 11.1 Å². The molecule has 200 valence electrons. The highest BCUT2D eigenvalue weighted by atomic mass is 35.5. The Labute approximate surface area is 223 Å². The van der Waals surface area contributed by atoms with Crippen LogP contribution in [0, 0.1) is 29.2 Å². The molecule has 1 saturated heterocycles.